The molecule has 128 valence electrons. The summed E-state index contributed by atoms with van der Waals surface area (Å²) in [6, 6.07) is 11.5. The molecular weight excluding hydrogens is 354 g/mol. The van der Waals surface area contributed by atoms with Crippen LogP contribution in [0.5, 0.6) is 0 Å². The summed E-state index contributed by atoms with van der Waals surface area (Å²) in [6.45, 7) is 0.584. The van der Waals surface area contributed by atoms with Crippen LogP contribution in [-0.4, -0.2) is 22.4 Å². The molecule has 25 heavy (non-hydrogen) atoms. The lowest BCUT2D eigenvalue weighted by Gasteiger charge is -2.05. The first-order valence-electron chi connectivity index (χ1n) is 8.07. The van der Waals surface area contributed by atoms with Gasteiger partial charge in [-0.2, -0.15) is 0 Å². The van der Waals surface area contributed by atoms with E-state index in [2.05, 4.69) is 15.3 Å². The zero-order chi connectivity index (χ0) is 17.5. The van der Waals surface area contributed by atoms with E-state index in [9.17, 15) is 4.79 Å². The van der Waals surface area contributed by atoms with Crippen molar-refractivity contribution in [3.8, 4) is 10.6 Å². The van der Waals surface area contributed by atoms with Crippen molar-refractivity contribution in [3.63, 3.8) is 0 Å². The molecule has 0 spiro atoms. The first-order valence-corrected chi connectivity index (χ1v) is 9.33. The number of nitrogens with zero attached hydrogens (tertiary/aromatic N) is 2. The summed E-state index contributed by atoms with van der Waals surface area (Å²) in [4.78, 5) is 20.6. The van der Waals surface area contributed by atoms with Crippen LogP contribution in [0.4, 0.5) is 0 Å². The van der Waals surface area contributed by atoms with E-state index in [1.807, 2.05) is 41.8 Å². The molecule has 0 unspecified atom stereocenters. The minimum absolute atomic E-state index is 0.0320. The molecule has 1 N–H and O–H groups in total. The van der Waals surface area contributed by atoms with Crippen molar-refractivity contribution in [1.29, 1.82) is 0 Å². The highest BCUT2D eigenvalue weighted by Crippen LogP contribution is 2.22. The molecule has 2 aromatic heterocycles. The molecule has 0 aliphatic heterocycles. The van der Waals surface area contributed by atoms with E-state index in [4.69, 9.17) is 11.6 Å². The normalized spacial score (nSPS) is 10.6. The van der Waals surface area contributed by atoms with Crippen LogP contribution in [-0.2, 0) is 17.6 Å². The van der Waals surface area contributed by atoms with Gasteiger partial charge in [0.25, 0.3) is 0 Å². The van der Waals surface area contributed by atoms with Gasteiger partial charge in [-0.15, -0.1) is 11.3 Å². The average molecular weight is 372 g/mol. The number of carbonyl (C=O) groups is 1. The fourth-order valence-corrected chi connectivity index (χ4v) is 3.51. The Balaban J connectivity index is 1.43. The minimum Gasteiger partial charge on any atom is -0.356 e. The second-order valence-electron chi connectivity index (χ2n) is 5.57. The standard InChI is InChI=1S/C19H18ClN3OS/c20-17-4-2-1-3-14(17)5-6-18(24)22-12-9-16-13-25-19(23-16)15-7-10-21-11-8-15/h1-4,7-8,10-11,13H,5-6,9,12H2,(H,22,24). The van der Waals surface area contributed by atoms with Gasteiger partial charge in [-0.3, -0.25) is 9.78 Å². The summed E-state index contributed by atoms with van der Waals surface area (Å²) in [5.41, 5.74) is 3.05. The lowest BCUT2D eigenvalue weighted by atomic mass is 10.1. The van der Waals surface area contributed by atoms with E-state index in [-0.39, 0.29) is 5.91 Å². The molecule has 0 aliphatic carbocycles. The van der Waals surface area contributed by atoms with Gasteiger partial charge in [-0.1, -0.05) is 29.8 Å². The summed E-state index contributed by atoms with van der Waals surface area (Å²) in [7, 11) is 0. The number of aromatic nitrogens is 2. The first-order chi connectivity index (χ1) is 12.2. The second-order valence-corrected chi connectivity index (χ2v) is 6.84. The molecule has 0 fully saturated rings. The lowest BCUT2D eigenvalue weighted by molar-refractivity contribution is -0.121. The van der Waals surface area contributed by atoms with Gasteiger partial charge in [0, 0.05) is 47.7 Å². The van der Waals surface area contributed by atoms with E-state index in [1.165, 1.54) is 0 Å². The predicted molar refractivity (Wildman–Crippen MR) is 102 cm³/mol. The van der Waals surface area contributed by atoms with Gasteiger partial charge in [0.1, 0.15) is 5.01 Å². The Morgan fingerprint density at radius 2 is 1.92 bits per heavy atom. The minimum atomic E-state index is 0.0320. The van der Waals surface area contributed by atoms with E-state index in [1.54, 1.807) is 23.7 Å². The largest absolute Gasteiger partial charge is 0.356 e. The summed E-state index contributed by atoms with van der Waals surface area (Å²) >= 11 is 7.71. The third kappa shape index (κ3) is 5.11. The maximum Gasteiger partial charge on any atom is 0.220 e. The zero-order valence-electron chi connectivity index (χ0n) is 13.6. The van der Waals surface area contributed by atoms with Gasteiger partial charge < -0.3 is 5.32 Å². The lowest BCUT2D eigenvalue weighted by Crippen LogP contribution is -2.25. The fourth-order valence-electron chi connectivity index (χ4n) is 2.42. The molecular formula is C19H18ClN3OS. The van der Waals surface area contributed by atoms with E-state index in [0.29, 0.717) is 24.4 Å². The van der Waals surface area contributed by atoms with Crippen LogP contribution in [0, 0.1) is 0 Å². The summed E-state index contributed by atoms with van der Waals surface area (Å²) in [5.74, 6) is 0.0320. The Morgan fingerprint density at radius 1 is 1.12 bits per heavy atom. The molecule has 4 nitrogen and oxygen atoms in total. The monoisotopic (exact) mass is 371 g/mol. The van der Waals surface area contributed by atoms with Crippen LogP contribution in [0.15, 0.2) is 54.2 Å². The predicted octanol–water partition coefficient (Wildman–Crippen LogP) is 4.15. The van der Waals surface area contributed by atoms with E-state index < -0.39 is 0 Å². The smallest absolute Gasteiger partial charge is 0.220 e. The number of thiazole rings is 1. The van der Waals surface area contributed by atoms with Gasteiger partial charge >= 0.3 is 0 Å². The molecule has 0 aliphatic rings. The molecule has 0 atom stereocenters. The maximum absolute atomic E-state index is 12.0. The van der Waals surface area contributed by atoms with Crippen molar-refractivity contribution < 1.29 is 4.79 Å². The number of benzene rings is 1. The Labute approximate surface area is 155 Å². The SMILES string of the molecule is O=C(CCc1ccccc1Cl)NCCc1csc(-c2ccncc2)n1. The highest BCUT2D eigenvalue weighted by molar-refractivity contribution is 7.13. The first kappa shape index (κ1) is 17.6. The number of hydrogen-bond acceptors (Lipinski definition) is 4. The van der Waals surface area contributed by atoms with Crippen molar-refractivity contribution in [2.75, 3.05) is 6.54 Å². The fraction of sp³-hybridized carbons (Fsp3) is 0.211. The molecule has 2 heterocycles. The Hall–Kier alpha value is -2.24. The highest BCUT2D eigenvalue weighted by atomic mass is 35.5. The Morgan fingerprint density at radius 3 is 2.72 bits per heavy atom. The van der Waals surface area contributed by atoms with Crippen molar-refractivity contribution in [2.24, 2.45) is 0 Å². The average Bonchev–Trinajstić information content (AvgIpc) is 3.11. The van der Waals surface area contributed by atoms with Gasteiger partial charge in [0.2, 0.25) is 5.91 Å². The summed E-state index contributed by atoms with van der Waals surface area (Å²) in [6.07, 6.45) is 5.32. The Bertz CT molecular complexity index is 835. The number of nitrogens with one attached hydrogen (secondary N) is 1. The van der Waals surface area contributed by atoms with E-state index in [0.717, 1.165) is 28.2 Å². The van der Waals surface area contributed by atoms with Crippen LogP contribution in [0.3, 0.4) is 0 Å². The highest BCUT2D eigenvalue weighted by Gasteiger charge is 2.07. The quantitative estimate of drug-likeness (QED) is 0.678. The van der Waals surface area contributed by atoms with Crippen LogP contribution in [0.1, 0.15) is 17.7 Å². The van der Waals surface area contributed by atoms with Crippen LogP contribution in [0.2, 0.25) is 5.02 Å². The molecule has 0 saturated carbocycles. The number of halogens is 1. The van der Waals surface area contributed by atoms with Gasteiger partial charge in [0.15, 0.2) is 0 Å². The molecule has 0 saturated heterocycles. The van der Waals surface area contributed by atoms with Gasteiger partial charge in [-0.05, 0) is 30.2 Å². The third-order valence-electron chi connectivity index (χ3n) is 3.76. The van der Waals surface area contributed by atoms with Crippen molar-refractivity contribution in [1.82, 2.24) is 15.3 Å². The molecule has 6 heteroatoms. The Kier molecular flexibility index (Phi) is 6.14. The molecule has 0 bridgehead atoms. The van der Waals surface area contributed by atoms with Crippen LogP contribution in [0.25, 0.3) is 10.6 Å². The number of rotatable bonds is 7. The summed E-state index contributed by atoms with van der Waals surface area (Å²) < 4.78 is 0. The molecule has 3 rings (SSSR count). The number of hydrogen-bond donors (Lipinski definition) is 1. The second kappa shape index (κ2) is 8.74. The number of pyridine rings is 1. The molecule has 1 aromatic carbocycles. The van der Waals surface area contributed by atoms with Crippen molar-refractivity contribution in [2.45, 2.75) is 19.3 Å². The number of carbonyl (C=O) groups excluding carboxylic acids is 1. The number of aryl methyl sites for hydroxylation is 1. The molecule has 0 radical (unpaired) electrons. The van der Waals surface area contributed by atoms with E-state index >= 15 is 0 Å². The summed E-state index contributed by atoms with van der Waals surface area (Å²) in [5, 5.41) is 6.66. The van der Waals surface area contributed by atoms with Gasteiger partial charge in [0.05, 0.1) is 5.69 Å². The van der Waals surface area contributed by atoms with Crippen LogP contribution < -0.4 is 5.32 Å². The van der Waals surface area contributed by atoms with Crippen molar-refractivity contribution in [3.05, 3.63) is 70.5 Å². The molecule has 3 aromatic rings. The number of amides is 1. The third-order valence-corrected chi connectivity index (χ3v) is 5.07. The maximum atomic E-state index is 12.0. The zero-order valence-corrected chi connectivity index (χ0v) is 15.2. The topological polar surface area (TPSA) is 54.9 Å². The molecule has 1 amide bonds. The van der Waals surface area contributed by atoms with Gasteiger partial charge in [-0.25, -0.2) is 4.98 Å². The van der Waals surface area contributed by atoms with Crippen molar-refractivity contribution >= 4 is 28.8 Å². The van der Waals surface area contributed by atoms with Crippen LogP contribution >= 0.6 is 22.9 Å².